The summed E-state index contributed by atoms with van der Waals surface area (Å²) < 4.78 is 12.5. The highest BCUT2D eigenvalue weighted by molar-refractivity contribution is 7.16. The van der Waals surface area contributed by atoms with Gasteiger partial charge in [-0.1, -0.05) is 18.5 Å². The summed E-state index contributed by atoms with van der Waals surface area (Å²) in [5.74, 6) is 4.12. The number of likely N-dealkylation sites (tertiary alicyclic amines) is 1. The summed E-state index contributed by atoms with van der Waals surface area (Å²) in [5.41, 5.74) is 8.51. The van der Waals surface area contributed by atoms with Gasteiger partial charge in [-0.15, -0.1) is 11.3 Å². The van der Waals surface area contributed by atoms with Gasteiger partial charge in [-0.05, 0) is 89.8 Å². The lowest BCUT2D eigenvalue weighted by Gasteiger charge is -2.32. The lowest BCUT2D eigenvalue weighted by molar-refractivity contribution is 0.193. The second-order valence-electron chi connectivity index (χ2n) is 12.5. The Morgan fingerprint density at radius 2 is 2.02 bits per heavy atom. The largest absolute Gasteiger partial charge is 0.476 e. The van der Waals surface area contributed by atoms with Crippen molar-refractivity contribution in [3.8, 4) is 23.5 Å². The van der Waals surface area contributed by atoms with Gasteiger partial charge in [-0.2, -0.15) is 10.2 Å². The van der Waals surface area contributed by atoms with Crippen molar-refractivity contribution >= 4 is 22.2 Å². The van der Waals surface area contributed by atoms with Crippen LogP contribution in [-0.4, -0.2) is 59.4 Å². The first-order valence-corrected chi connectivity index (χ1v) is 16.5. The van der Waals surface area contributed by atoms with Gasteiger partial charge in [-0.3, -0.25) is 0 Å². The molecule has 3 aromatic heterocycles. The van der Waals surface area contributed by atoms with Crippen LogP contribution in [0.1, 0.15) is 92.4 Å². The number of nitriles is 1. The van der Waals surface area contributed by atoms with Crippen LogP contribution in [0, 0.1) is 17.2 Å². The Hall–Kier alpha value is -3.16. The first-order chi connectivity index (χ1) is 20.5. The molecule has 3 aliphatic rings. The molecule has 0 amide bonds. The summed E-state index contributed by atoms with van der Waals surface area (Å²) in [4.78, 5) is 15.9. The van der Waals surface area contributed by atoms with Crippen molar-refractivity contribution in [1.29, 1.82) is 5.26 Å². The van der Waals surface area contributed by atoms with Crippen LogP contribution in [0.3, 0.4) is 0 Å². The molecule has 0 saturated carbocycles. The average molecular weight is 590 g/mol. The Kier molecular flexibility index (Phi) is 8.96. The monoisotopic (exact) mass is 589 g/mol. The van der Waals surface area contributed by atoms with Crippen LogP contribution >= 0.6 is 11.3 Å². The van der Waals surface area contributed by atoms with Crippen LogP contribution in [0.4, 0.5) is 10.8 Å². The standard InChI is InChI=1S/C32H43N7O2S/c1-21-8-6-15-39(19-21)27-17-28(40-20-24-11-7-14-38(24)2)36-32(35-27)29-26-13-4-3-9-22(30(26)41-37-29)10-5-12-25-16-23(18-33)31(34)42-25/h16-17,21-22,24H,3-15,19-20,34H2,1-2H3/t21?,22-,24?/m1/s1. The summed E-state index contributed by atoms with van der Waals surface area (Å²) in [6.07, 6.45) is 12.0. The molecular formula is C32H43N7O2S. The highest BCUT2D eigenvalue weighted by atomic mass is 32.1. The molecule has 1 aliphatic carbocycles. The van der Waals surface area contributed by atoms with E-state index in [1.54, 1.807) is 0 Å². The average Bonchev–Trinajstić information content (AvgIpc) is 3.67. The lowest BCUT2D eigenvalue weighted by Crippen LogP contribution is -2.35. The molecule has 2 N–H and O–H groups in total. The van der Waals surface area contributed by atoms with Gasteiger partial charge in [0.15, 0.2) is 11.5 Å². The molecule has 0 bridgehead atoms. The summed E-state index contributed by atoms with van der Waals surface area (Å²) >= 11 is 1.53. The maximum absolute atomic E-state index is 9.24. The normalized spacial score (nSPS) is 23.0. The van der Waals surface area contributed by atoms with Crippen molar-refractivity contribution in [3.05, 3.63) is 33.9 Å². The minimum atomic E-state index is 0.316. The molecule has 5 heterocycles. The van der Waals surface area contributed by atoms with Crippen LogP contribution in [0.2, 0.25) is 0 Å². The molecule has 2 unspecified atom stereocenters. The number of ether oxygens (including phenoxy) is 1. The van der Waals surface area contributed by atoms with Crippen LogP contribution in [-0.2, 0) is 12.8 Å². The minimum absolute atomic E-state index is 0.316. The molecular weight excluding hydrogens is 546 g/mol. The van der Waals surface area contributed by atoms with E-state index in [0.717, 1.165) is 93.8 Å². The number of rotatable bonds is 9. The van der Waals surface area contributed by atoms with Gasteiger partial charge < -0.3 is 24.8 Å². The van der Waals surface area contributed by atoms with Gasteiger partial charge in [0, 0.05) is 41.6 Å². The van der Waals surface area contributed by atoms with E-state index in [9.17, 15) is 5.26 Å². The zero-order valence-electron chi connectivity index (χ0n) is 25.0. The number of hydrogen-bond acceptors (Lipinski definition) is 10. The van der Waals surface area contributed by atoms with Gasteiger partial charge in [0.05, 0.1) is 5.56 Å². The maximum atomic E-state index is 9.24. The van der Waals surface area contributed by atoms with Crippen molar-refractivity contribution in [2.45, 2.75) is 89.5 Å². The van der Waals surface area contributed by atoms with E-state index in [1.165, 1.54) is 35.5 Å². The first-order valence-electron chi connectivity index (χ1n) is 15.7. The van der Waals surface area contributed by atoms with E-state index in [0.29, 0.717) is 46.8 Å². The third-order valence-corrected chi connectivity index (χ3v) is 10.3. The Morgan fingerprint density at radius 1 is 1.14 bits per heavy atom. The van der Waals surface area contributed by atoms with Gasteiger partial charge in [0.1, 0.15) is 29.3 Å². The number of nitrogens with two attached hydrogens (primary N) is 1. The van der Waals surface area contributed by atoms with E-state index in [4.69, 9.17) is 25.0 Å². The number of likely N-dealkylation sites (N-methyl/N-ethyl adjacent to an activating group) is 1. The highest BCUT2D eigenvalue weighted by Crippen LogP contribution is 2.39. The SMILES string of the molecule is CC1CCCN(c2cc(OCC3CCCN3C)nc(-c3noc4c3CCCC[C@@H]4CCCc3cc(C#N)c(N)s3)n2)C1. The molecule has 224 valence electrons. The first kappa shape index (κ1) is 28.9. The highest BCUT2D eigenvalue weighted by Gasteiger charge is 2.30. The molecule has 2 aliphatic heterocycles. The number of nitrogens with zero attached hydrogens (tertiary/aromatic N) is 6. The van der Waals surface area contributed by atoms with Crippen LogP contribution < -0.4 is 15.4 Å². The molecule has 0 aromatic carbocycles. The van der Waals surface area contributed by atoms with Gasteiger partial charge in [0.25, 0.3) is 0 Å². The van der Waals surface area contributed by atoms with E-state index in [1.807, 2.05) is 12.1 Å². The third kappa shape index (κ3) is 6.42. The van der Waals surface area contributed by atoms with E-state index in [2.05, 4.69) is 35.0 Å². The number of hydrogen-bond donors (Lipinski definition) is 1. The van der Waals surface area contributed by atoms with E-state index >= 15 is 0 Å². The number of thiophene rings is 1. The number of nitrogen functional groups attached to an aromatic ring is 1. The second-order valence-corrected chi connectivity index (χ2v) is 13.6. The zero-order chi connectivity index (χ0) is 29.1. The molecule has 9 nitrogen and oxygen atoms in total. The fourth-order valence-electron chi connectivity index (χ4n) is 6.87. The Bertz CT molecular complexity index is 1410. The molecule has 6 rings (SSSR count). The van der Waals surface area contributed by atoms with Crippen LogP contribution in [0.25, 0.3) is 11.5 Å². The Balaban J connectivity index is 1.24. The number of anilines is 2. The van der Waals surface area contributed by atoms with E-state index < -0.39 is 0 Å². The van der Waals surface area contributed by atoms with Crippen molar-refractivity contribution in [1.82, 2.24) is 20.0 Å². The summed E-state index contributed by atoms with van der Waals surface area (Å²) in [5, 5.41) is 14.5. The quantitative estimate of drug-likeness (QED) is 0.292. The number of aryl methyl sites for hydroxylation is 1. The molecule has 2 fully saturated rings. The Morgan fingerprint density at radius 3 is 2.81 bits per heavy atom. The fourth-order valence-corrected chi connectivity index (χ4v) is 7.79. The van der Waals surface area contributed by atoms with Crippen molar-refractivity contribution in [2.24, 2.45) is 5.92 Å². The fraction of sp³-hybridized carbons (Fsp3) is 0.625. The summed E-state index contributed by atoms with van der Waals surface area (Å²) in [6, 6.07) is 6.56. The predicted molar refractivity (Wildman–Crippen MR) is 166 cm³/mol. The zero-order valence-corrected chi connectivity index (χ0v) is 25.8. The molecule has 42 heavy (non-hydrogen) atoms. The molecule has 0 radical (unpaired) electrons. The second kappa shape index (κ2) is 13.0. The van der Waals surface area contributed by atoms with Crippen molar-refractivity contribution in [3.63, 3.8) is 0 Å². The number of aromatic nitrogens is 3. The van der Waals surface area contributed by atoms with Crippen molar-refractivity contribution in [2.75, 3.05) is 43.9 Å². The topological polar surface area (TPSA) is 117 Å². The lowest BCUT2D eigenvalue weighted by atomic mass is 9.93. The molecule has 3 aromatic rings. The smallest absolute Gasteiger partial charge is 0.219 e. The maximum Gasteiger partial charge on any atom is 0.219 e. The van der Waals surface area contributed by atoms with Gasteiger partial charge in [0.2, 0.25) is 5.88 Å². The van der Waals surface area contributed by atoms with Crippen LogP contribution in [0.5, 0.6) is 5.88 Å². The van der Waals surface area contributed by atoms with Gasteiger partial charge in [-0.25, -0.2) is 4.98 Å². The molecule has 2 saturated heterocycles. The Labute approximate surface area is 253 Å². The van der Waals surface area contributed by atoms with Crippen molar-refractivity contribution < 1.29 is 9.26 Å². The molecule has 0 spiro atoms. The predicted octanol–water partition coefficient (Wildman–Crippen LogP) is 6.19. The summed E-state index contributed by atoms with van der Waals surface area (Å²) in [7, 11) is 2.17. The summed E-state index contributed by atoms with van der Waals surface area (Å²) in [6.45, 7) is 6.06. The van der Waals surface area contributed by atoms with Crippen LogP contribution in [0.15, 0.2) is 16.7 Å². The minimum Gasteiger partial charge on any atom is -0.476 e. The van der Waals surface area contributed by atoms with Gasteiger partial charge >= 0.3 is 0 Å². The number of fused-ring (bicyclic) bond motifs is 1. The molecule has 3 atom stereocenters. The third-order valence-electron chi connectivity index (χ3n) is 9.30. The molecule has 10 heteroatoms. The van der Waals surface area contributed by atoms with E-state index in [-0.39, 0.29) is 0 Å². The number of piperidine rings is 1.